The van der Waals surface area contributed by atoms with Crippen LogP contribution in [-0.4, -0.2) is 49.7 Å². The summed E-state index contributed by atoms with van der Waals surface area (Å²) in [5, 5.41) is 13.9. The number of nitrogens with one attached hydrogen (secondary N) is 2. The van der Waals surface area contributed by atoms with Gasteiger partial charge in [0.25, 0.3) is 0 Å². The highest BCUT2D eigenvalue weighted by atomic mass is 16.5. The number of rotatable bonds is 9. The third-order valence-electron chi connectivity index (χ3n) is 2.92. The lowest BCUT2D eigenvalue weighted by molar-refractivity contribution is -0.126. The molecular formula is C15H20N2O5. The van der Waals surface area contributed by atoms with Crippen molar-refractivity contribution in [1.82, 2.24) is 10.6 Å². The Morgan fingerprint density at radius 3 is 2.36 bits per heavy atom. The Morgan fingerprint density at radius 2 is 1.77 bits per heavy atom. The first-order valence-corrected chi connectivity index (χ1v) is 6.87. The van der Waals surface area contributed by atoms with Crippen molar-refractivity contribution in [3.05, 3.63) is 35.4 Å². The Labute approximate surface area is 128 Å². The van der Waals surface area contributed by atoms with Gasteiger partial charge in [0, 0.05) is 20.1 Å². The zero-order chi connectivity index (χ0) is 16.4. The molecule has 22 heavy (non-hydrogen) atoms. The number of carboxylic acid groups (broad SMARTS) is 1. The molecular weight excluding hydrogens is 288 g/mol. The molecule has 0 radical (unpaired) electrons. The summed E-state index contributed by atoms with van der Waals surface area (Å²) in [4.78, 5) is 33.7. The lowest BCUT2D eigenvalue weighted by atomic mass is 10.1. The fourth-order valence-corrected chi connectivity index (χ4v) is 1.69. The van der Waals surface area contributed by atoms with Crippen molar-refractivity contribution in [1.29, 1.82) is 0 Å². The predicted octanol–water partition coefficient (Wildman–Crippen LogP) is 0.196. The Balaban J connectivity index is 2.25. The first-order valence-electron chi connectivity index (χ1n) is 6.87. The van der Waals surface area contributed by atoms with E-state index in [4.69, 9.17) is 9.84 Å². The molecule has 7 heteroatoms. The molecule has 7 nitrogen and oxygen atoms in total. The number of hydrogen-bond donors (Lipinski definition) is 3. The third-order valence-corrected chi connectivity index (χ3v) is 2.92. The summed E-state index contributed by atoms with van der Waals surface area (Å²) in [7, 11) is 1.54. The monoisotopic (exact) mass is 308 g/mol. The molecule has 0 saturated heterocycles. The maximum Gasteiger partial charge on any atom is 0.335 e. The van der Waals surface area contributed by atoms with Crippen LogP contribution in [0.3, 0.4) is 0 Å². The molecule has 0 atom stereocenters. The van der Waals surface area contributed by atoms with Crippen LogP contribution in [0, 0.1) is 0 Å². The molecule has 0 aromatic heterocycles. The van der Waals surface area contributed by atoms with Crippen molar-refractivity contribution >= 4 is 17.8 Å². The van der Waals surface area contributed by atoms with E-state index < -0.39 is 5.97 Å². The van der Waals surface area contributed by atoms with Gasteiger partial charge in [0.1, 0.15) is 0 Å². The van der Waals surface area contributed by atoms with Gasteiger partial charge in [-0.1, -0.05) is 12.1 Å². The van der Waals surface area contributed by atoms with Crippen molar-refractivity contribution in [3.8, 4) is 0 Å². The Morgan fingerprint density at radius 1 is 1.09 bits per heavy atom. The van der Waals surface area contributed by atoms with Crippen LogP contribution < -0.4 is 10.6 Å². The van der Waals surface area contributed by atoms with Gasteiger partial charge in [-0.05, 0) is 24.1 Å². The number of ether oxygens (including phenoxy) is 1. The van der Waals surface area contributed by atoms with Crippen LogP contribution >= 0.6 is 0 Å². The fraction of sp³-hybridized carbons (Fsp3) is 0.400. The summed E-state index contributed by atoms with van der Waals surface area (Å²) in [5.74, 6) is -1.48. The van der Waals surface area contributed by atoms with Crippen LogP contribution in [0.1, 0.15) is 22.3 Å². The lowest BCUT2D eigenvalue weighted by Gasteiger charge is -2.07. The second-order valence-corrected chi connectivity index (χ2v) is 4.62. The molecule has 0 aliphatic heterocycles. The standard InChI is InChI=1S/C15H20N2O5/c1-22-9-8-16-14(19)10-17-13(18)7-4-11-2-5-12(6-3-11)15(20)21/h2-3,5-6H,4,7-10H2,1H3,(H,16,19)(H,17,18)(H,20,21). The molecule has 1 aromatic carbocycles. The molecule has 0 spiro atoms. The molecule has 0 fully saturated rings. The van der Waals surface area contributed by atoms with E-state index in [0.29, 0.717) is 19.6 Å². The summed E-state index contributed by atoms with van der Waals surface area (Å²) in [6.45, 7) is 0.758. The smallest absolute Gasteiger partial charge is 0.335 e. The highest BCUT2D eigenvalue weighted by molar-refractivity contribution is 5.87. The minimum Gasteiger partial charge on any atom is -0.478 e. The van der Waals surface area contributed by atoms with Gasteiger partial charge >= 0.3 is 5.97 Å². The third kappa shape index (κ3) is 6.85. The maximum atomic E-state index is 11.6. The number of methoxy groups -OCH3 is 1. The number of carboxylic acids is 1. The van der Waals surface area contributed by atoms with Gasteiger partial charge in [-0.15, -0.1) is 0 Å². The number of benzene rings is 1. The average Bonchev–Trinajstić information content (AvgIpc) is 2.51. The molecule has 2 amide bonds. The summed E-state index contributed by atoms with van der Waals surface area (Å²) in [6, 6.07) is 6.35. The molecule has 0 bridgehead atoms. The quantitative estimate of drug-likeness (QED) is 0.565. The second kappa shape index (κ2) is 9.51. The highest BCUT2D eigenvalue weighted by Crippen LogP contribution is 2.06. The lowest BCUT2D eigenvalue weighted by Crippen LogP contribution is -2.38. The van der Waals surface area contributed by atoms with Crippen molar-refractivity contribution in [3.63, 3.8) is 0 Å². The predicted molar refractivity (Wildman–Crippen MR) is 79.6 cm³/mol. The van der Waals surface area contributed by atoms with Gasteiger partial charge < -0.3 is 20.5 Å². The highest BCUT2D eigenvalue weighted by Gasteiger charge is 2.06. The summed E-state index contributed by atoms with van der Waals surface area (Å²) in [5.41, 5.74) is 1.07. The Hall–Kier alpha value is -2.41. The van der Waals surface area contributed by atoms with E-state index in [1.54, 1.807) is 12.1 Å². The van der Waals surface area contributed by atoms with Crippen molar-refractivity contribution in [2.45, 2.75) is 12.8 Å². The number of hydrogen-bond acceptors (Lipinski definition) is 4. The summed E-state index contributed by atoms with van der Waals surface area (Å²) >= 11 is 0. The first kappa shape index (κ1) is 17.6. The minimum absolute atomic E-state index is 0.0689. The molecule has 3 N–H and O–H groups in total. The van der Waals surface area contributed by atoms with Crippen LogP contribution in [0.15, 0.2) is 24.3 Å². The number of amides is 2. The maximum absolute atomic E-state index is 11.6. The molecule has 0 saturated carbocycles. The van der Waals surface area contributed by atoms with Crippen LogP contribution in [0.25, 0.3) is 0 Å². The van der Waals surface area contributed by atoms with Gasteiger partial charge in [0.15, 0.2) is 0 Å². The fourth-order valence-electron chi connectivity index (χ4n) is 1.69. The van der Waals surface area contributed by atoms with Crippen molar-refractivity contribution in [2.75, 3.05) is 26.8 Å². The Bertz CT molecular complexity index is 513. The van der Waals surface area contributed by atoms with Crippen LogP contribution in [0.5, 0.6) is 0 Å². The number of carbonyl (C=O) groups is 3. The SMILES string of the molecule is COCCNC(=O)CNC(=O)CCc1ccc(C(=O)O)cc1. The molecule has 0 heterocycles. The van der Waals surface area contributed by atoms with E-state index in [2.05, 4.69) is 10.6 Å². The molecule has 0 aliphatic rings. The largest absolute Gasteiger partial charge is 0.478 e. The van der Waals surface area contributed by atoms with Crippen LogP contribution in [-0.2, 0) is 20.7 Å². The van der Waals surface area contributed by atoms with E-state index in [9.17, 15) is 14.4 Å². The van der Waals surface area contributed by atoms with Crippen LogP contribution in [0.2, 0.25) is 0 Å². The van der Waals surface area contributed by atoms with Gasteiger partial charge in [0.2, 0.25) is 11.8 Å². The molecule has 0 aliphatic carbocycles. The van der Waals surface area contributed by atoms with E-state index in [1.165, 1.54) is 19.2 Å². The second-order valence-electron chi connectivity index (χ2n) is 4.62. The van der Waals surface area contributed by atoms with Gasteiger partial charge in [-0.2, -0.15) is 0 Å². The number of aryl methyl sites for hydroxylation is 1. The van der Waals surface area contributed by atoms with Gasteiger partial charge in [-0.25, -0.2) is 4.79 Å². The topological polar surface area (TPSA) is 105 Å². The van der Waals surface area contributed by atoms with Crippen LogP contribution in [0.4, 0.5) is 0 Å². The summed E-state index contributed by atoms with van der Waals surface area (Å²) in [6.07, 6.45) is 0.717. The van der Waals surface area contributed by atoms with E-state index >= 15 is 0 Å². The van der Waals surface area contributed by atoms with Crippen molar-refractivity contribution < 1.29 is 24.2 Å². The molecule has 120 valence electrons. The normalized spacial score (nSPS) is 10.0. The molecule has 0 unspecified atom stereocenters. The minimum atomic E-state index is -0.983. The van der Waals surface area contributed by atoms with E-state index in [1.807, 2.05) is 0 Å². The Kier molecular flexibility index (Phi) is 7.63. The number of aromatic carboxylic acids is 1. The zero-order valence-electron chi connectivity index (χ0n) is 12.4. The first-order chi connectivity index (χ1) is 10.5. The zero-order valence-corrected chi connectivity index (χ0v) is 12.4. The van der Waals surface area contributed by atoms with E-state index in [-0.39, 0.29) is 30.3 Å². The van der Waals surface area contributed by atoms with E-state index in [0.717, 1.165) is 5.56 Å². The molecule has 1 aromatic rings. The average molecular weight is 308 g/mol. The number of carbonyl (C=O) groups excluding carboxylic acids is 2. The summed E-state index contributed by atoms with van der Waals surface area (Å²) < 4.78 is 4.79. The van der Waals surface area contributed by atoms with Gasteiger partial charge in [-0.3, -0.25) is 9.59 Å². The van der Waals surface area contributed by atoms with Crippen molar-refractivity contribution in [2.24, 2.45) is 0 Å². The molecule has 1 rings (SSSR count). The van der Waals surface area contributed by atoms with Gasteiger partial charge in [0.05, 0.1) is 18.7 Å².